The monoisotopic (exact) mass is 322 g/mol. The quantitative estimate of drug-likeness (QED) is 0.645. The number of ether oxygens (including phenoxy) is 3. The van der Waals surface area contributed by atoms with E-state index in [1.54, 1.807) is 33.3 Å². The summed E-state index contributed by atoms with van der Waals surface area (Å²) < 4.78 is 15.5. The lowest BCUT2D eigenvalue weighted by Gasteiger charge is -2.30. The van der Waals surface area contributed by atoms with Gasteiger partial charge in [0, 0.05) is 17.3 Å². The maximum Gasteiger partial charge on any atom is 0.337 e. The van der Waals surface area contributed by atoms with Crippen LogP contribution in [-0.4, -0.2) is 32.4 Å². The highest BCUT2D eigenvalue weighted by Gasteiger charge is 2.32. The van der Waals surface area contributed by atoms with Crippen LogP contribution in [0.1, 0.15) is 18.5 Å². The molecule has 0 aromatic heterocycles. The van der Waals surface area contributed by atoms with Crippen molar-refractivity contribution in [2.75, 3.05) is 21.3 Å². The third kappa shape index (κ3) is 2.99. The molecular formula is C15H18N2O4S. The number of benzene rings is 1. The van der Waals surface area contributed by atoms with Gasteiger partial charge in [-0.25, -0.2) is 4.79 Å². The first kappa shape index (κ1) is 16.1. The van der Waals surface area contributed by atoms with Gasteiger partial charge in [-0.05, 0) is 31.3 Å². The molecule has 1 heterocycles. The van der Waals surface area contributed by atoms with Gasteiger partial charge in [-0.2, -0.15) is 0 Å². The summed E-state index contributed by atoms with van der Waals surface area (Å²) in [5.74, 6) is 0.830. The zero-order valence-corrected chi connectivity index (χ0v) is 13.7. The van der Waals surface area contributed by atoms with Crippen molar-refractivity contribution in [3.63, 3.8) is 0 Å². The predicted octanol–water partition coefficient (Wildman–Crippen LogP) is 1.67. The fourth-order valence-corrected chi connectivity index (χ4v) is 2.64. The second-order valence-corrected chi connectivity index (χ2v) is 5.08. The molecule has 1 aliphatic rings. The Labute approximate surface area is 134 Å². The smallest absolute Gasteiger partial charge is 0.337 e. The molecule has 6 nitrogen and oxygen atoms in total. The first-order chi connectivity index (χ1) is 10.5. The highest BCUT2D eigenvalue weighted by Crippen LogP contribution is 2.35. The van der Waals surface area contributed by atoms with E-state index in [0.717, 1.165) is 5.56 Å². The minimum Gasteiger partial charge on any atom is -0.497 e. The van der Waals surface area contributed by atoms with E-state index in [-0.39, 0.29) is 0 Å². The molecule has 118 valence electrons. The van der Waals surface area contributed by atoms with E-state index in [4.69, 9.17) is 26.4 Å². The van der Waals surface area contributed by atoms with Crippen LogP contribution in [0.4, 0.5) is 0 Å². The predicted molar refractivity (Wildman–Crippen MR) is 85.9 cm³/mol. The number of hydrogen-bond donors (Lipinski definition) is 2. The van der Waals surface area contributed by atoms with Crippen LogP contribution in [0, 0.1) is 0 Å². The van der Waals surface area contributed by atoms with Gasteiger partial charge in [0.1, 0.15) is 11.5 Å². The van der Waals surface area contributed by atoms with Crippen molar-refractivity contribution in [1.82, 2.24) is 10.6 Å². The lowest BCUT2D eigenvalue weighted by molar-refractivity contribution is -0.136. The fraction of sp³-hybridized carbons (Fsp3) is 0.333. The molecule has 22 heavy (non-hydrogen) atoms. The summed E-state index contributed by atoms with van der Waals surface area (Å²) in [6.07, 6.45) is 0. The fourth-order valence-electron chi connectivity index (χ4n) is 2.36. The Morgan fingerprint density at radius 2 is 1.95 bits per heavy atom. The minimum absolute atomic E-state index is 0.428. The van der Waals surface area contributed by atoms with Crippen LogP contribution in [0.2, 0.25) is 0 Å². The van der Waals surface area contributed by atoms with Crippen molar-refractivity contribution in [3.05, 3.63) is 35.0 Å². The number of carbonyl (C=O) groups excluding carboxylic acids is 1. The number of hydrogen-bond acceptors (Lipinski definition) is 5. The molecule has 1 atom stereocenters. The van der Waals surface area contributed by atoms with Crippen LogP contribution in [0.5, 0.6) is 11.5 Å². The van der Waals surface area contributed by atoms with Crippen LogP contribution < -0.4 is 20.1 Å². The molecule has 1 aliphatic heterocycles. The molecule has 1 aromatic rings. The summed E-state index contributed by atoms with van der Waals surface area (Å²) in [7, 11) is 4.49. The third-order valence-corrected chi connectivity index (χ3v) is 3.65. The standard InChI is InChI=1S/C15H18N2O4S/c1-8-12(14(18)21-4)13(17-15(22)16-8)10-6-5-9(19-2)7-11(10)20-3/h5-7,13H,1-4H3,(H2,16,17,22)/t13-/m1/s1. The molecule has 7 heteroatoms. The number of thiocarbonyl (C=S) groups is 1. The Kier molecular flexibility index (Phi) is 4.87. The van der Waals surface area contributed by atoms with Crippen LogP contribution in [0.3, 0.4) is 0 Å². The van der Waals surface area contributed by atoms with Crippen molar-refractivity contribution in [3.8, 4) is 11.5 Å². The van der Waals surface area contributed by atoms with Gasteiger partial charge in [0.2, 0.25) is 0 Å². The molecule has 0 spiro atoms. The van der Waals surface area contributed by atoms with Gasteiger partial charge in [-0.1, -0.05) is 0 Å². The summed E-state index contributed by atoms with van der Waals surface area (Å²) in [5.41, 5.74) is 1.88. The normalized spacial score (nSPS) is 17.5. The molecule has 0 fully saturated rings. The second kappa shape index (κ2) is 6.65. The lowest BCUT2D eigenvalue weighted by Crippen LogP contribution is -2.45. The van der Waals surface area contributed by atoms with E-state index in [0.29, 0.717) is 27.9 Å². The van der Waals surface area contributed by atoms with Gasteiger partial charge < -0.3 is 24.8 Å². The van der Waals surface area contributed by atoms with Gasteiger partial charge in [-0.3, -0.25) is 0 Å². The molecule has 0 saturated heterocycles. The number of esters is 1. The minimum atomic E-state index is -0.456. The van der Waals surface area contributed by atoms with Crippen LogP contribution in [-0.2, 0) is 9.53 Å². The van der Waals surface area contributed by atoms with Crippen LogP contribution >= 0.6 is 12.2 Å². The first-order valence-corrected chi connectivity index (χ1v) is 7.01. The average molecular weight is 322 g/mol. The molecule has 2 N–H and O–H groups in total. The zero-order valence-electron chi connectivity index (χ0n) is 12.9. The van der Waals surface area contributed by atoms with Crippen LogP contribution in [0.15, 0.2) is 29.5 Å². The van der Waals surface area contributed by atoms with Crippen molar-refractivity contribution >= 4 is 23.3 Å². The number of carbonyl (C=O) groups is 1. The Morgan fingerprint density at radius 1 is 1.23 bits per heavy atom. The summed E-state index contributed by atoms with van der Waals surface area (Å²) in [5, 5.41) is 6.46. The number of nitrogens with one attached hydrogen (secondary N) is 2. The molecular weight excluding hydrogens is 304 g/mol. The topological polar surface area (TPSA) is 68.8 Å². The second-order valence-electron chi connectivity index (χ2n) is 4.67. The summed E-state index contributed by atoms with van der Waals surface area (Å²) in [4.78, 5) is 12.1. The van der Waals surface area contributed by atoms with Gasteiger partial charge in [0.25, 0.3) is 0 Å². The maximum atomic E-state index is 12.1. The Bertz CT molecular complexity index is 642. The Hall–Kier alpha value is -2.28. The lowest BCUT2D eigenvalue weighted by atomic mass is 9.95. The molecule has 2 rings (SSSR count). The maximum absolute atomic E-state index is 12.1. The van der Waals surface area contributed by atoms with E-state index in [9.17, 15) is 4.79 Å². The summed E-state index contributed by atoms with van der Waals surface area (Å²) in [6.45, 7) is 1.78. The van der Waals surface area contributed by atoms with Crippen molar-refractivity contribution in [2.24, 2.45) is 0 Å². The van der Waals surface area contributed by atoms with Gasteiger partial charge in [-0.15, -0.1) is 0 Å². The Balaban J connectivity index is 2.55. The Morgan fingerprint density at radius 3 is 2.55 bits per heavy atom. The van der Waals surface area contributed by atoms with Gasteiger partial charge in [0.15, 0.2) is 5.11 Å². The molecule has 0 amide bonds. The van der Waals surface area contributed by atoms with Gasteiger partial charge in [0.05, 0.1) is 32.9 Å². The van der Waals surface area contributed by atoms with E-state index in [2.05, 4.69) is 10.6 Å². The van der Waals surface area contributed by atoms with E-state index in [1.165, 1.54) is 7.11 Å². The van der Waals surface area contributed by atoms with Crippen molar-refractivity contribution in [1.29, 1.82) is 0 Å². The number of allylic oxidation sites excluding steroid dienone is 1. The molecule has 1 aromatic carbocycles. The average Bonchev–Trinajstić information content (AvgIpc) is 2.52. The number of rotatable bonds is 4. The van der Waals surface area contributed by atoms with Crippen molar-refractivity contribution in [2.45, 2.75) is 13.0 Å². The molecule has 0 aliphatic carbocycles. The number of methoxy groups -OCH3 is 3. The van der Waals surface area contributed by atoms with E-state index in [1.807, 2.05) is 6.07 Å². The summed E-state index contributed by atoms with van der Waals surface area (Å²) >= 11 is 5.19. The van der Waals surface area contributed by atoms with E-state index < -0.39 is 12.0 Å². The largest absolute Gasteiger partial charge is 0.497 e. The summed E-state index contributed by atoms with van der Waals surface area (Å²) in [6, 6.07) is 4.93. The SMILES string of the molecule is COC(=O)C1=C(C)NC(=S)N[C@@H]1c1ccc(OC)cc1OC. The molecule has 0 radical (unpaired) electrons. The molecule has 0 bridgehead atoms. The molecule has 0 saturated carbocycles. The molecule has 0 unspecified atom stereocenters. The highest BCUT2D eigenvalue weighted by atomic mass is 32.1. The van der Waals surface area contributed by atoms with E-state index >= 15 is 0 Å². The zero-order chi connectivity index (χ0) is 16.3. The van der Waals surface area contributed by atoms with Gasteiger partial charge >= 0.3 is 5.97 Å². The van der Waals surface area contributed by atoms with Crippen molar-refractivity contribution < 1.29 is 19.0 Å². The third-order valence-electron chi connectivity index (χ3n) is 3.43. The van der Waals surface area contributed by atoms with Crippen LogP contribution in [0.25, 0.3) is 0 Å². The first-order valence-electron chi connectivity index (χ1n) is 6.60. The highest BCUT2D eigenvalue weighted by molar-refractivity contribution is 7.80.